The van der Waals surface area contributed by atoms with Gasteiger partial charge in [0, 0.05) is 41.9 Å². The lowest BCUT2D eigenvalue weighted by molar-refractivity contribution is 0.279. The first-order valence-corrected chi connectivity index (χ1v) is 8.46. The Bertz CT molecular complexity index is 473. The maximum atomic E-state index is 4.69. The summed E-state index contributed by atoms with van der Waals surface area (Å²) in [4.78, 5) is 7.15. The number of hydrogen-bond acceptors (Lipinski definition) is 3. The molecule has 1 saturated heterocycles. The molecule has 1 aromatic rings. The zero-order valence-corrected chi connectivity index (χ0v) is 14.0. The maximum Gasteiger partial charge on any atom is 0.133 e. The van der Waals surface area contributed by atoms with E-state index in [1.807, 2.05) is 6.20 Å². The monoisotopic (exact) mass is 337 g/mol. The van der Waals surface area contributed by atoms with Gasteiger partial charge in [0.2, 0.25) is 0 Å². The zero-order chi connectivity index (χ0) is 14.2. The van der Waals surface area contributed by atoms with Crippen LogP contribution >= 0.6 is 15.9 Å². The van der Waals surface area contributed by atoms with Crippen molar-refractivity contribution in [1.82, 2.24) is 10.3 Å². The number of piperidine rings is 1. The first-order valence-electron chi connectivity index (χ1n) is 7.66. The minimum absolute atomic E-state index is 0.484. The van der Waals surface area contributed by atoms with Crippen molar-refractivity contribution in [2.45, 2.75) is 52.1 Å². The molecule has 2 heterocycles. The van der Waals surface area contributed by atoms with Crippen LogP contribution in [0.15, 0.2) is 16.7 Å². The van der Waals surface area contributed by atoms with E-state index in [4.69, 9.17) is 0 Å². The molecule has 20 heavy (non-hydrogen) atoms. The van der Waals surface area contributed by atoms with Crippen molar-refractivity contribution in [2.24, 2.45) is 5.41 Å². The summed E-state index contributed by atoms with van der Waals surface area (Å²) >= 11 is 3.55. The fraction of sp³-hybridized carbons (Fsp3) is 0.688. The van der Waals surface area contributed by atoms with Crippen molar-refractivity contribution in [3.8, 4) is 0 Å². The van der Waals surface area contributed by atoms with Crippen LogP contribution in [0.2, 0.25) is 0 Å². The van der Waals surface area contributed by atoms with E-state index in [0.29, 0.717) is 5.41 Å². The highest BCUT2D eigenvalue weighted by atomic mass is 79.9. The summed E-state index contributed by atoms with van der Waals surface area (Å²) in [7, 11) is 0. The van der Waals surface area contributed by atoms with Gasteiger partial charge < -0.3 is 10.2 Å². The summed E-state index contributed by atoms with van der Waals surface area (Å²) in [6.45, 7) is 7.92. The van der Waals surface area contributed by atoms with Crippen molar-refractivity contribution >= 4 is 21.7 Å². The lowest BCUT2D eigenvalue weighted by atomic mass is 9.82. The van der Waals surface area contributed by atoms with Gasteiger partial charge in [-0.25, -0.2) is 4.98 Å². The van der Waals surface area contributed by atoms with Crippen LogP contribution in [0.1, 0.15) is 45.1 Å². The van der Waals surface area contributed by atoms with Crippen molar-refractivity contribution in [3.05, 3.63) is 22.3 Å². The van der Waals surface area contributed by atoms with E-state index in [9.17, 15) is 0 Å². The van der Waals surface area contributed by atoms with Gasteiger partial charge in [0.15, 0.2) is 0 Å². The quantitative estimate of drug-likeness (QED) is 0.907. The molecule has 110 valence electrons. The number of hydrogen-bond donors (Lipinski definition) is 1. The lowest BCUT2D eigenvalue weighted by Gasteiger charge is -2.38. The molecule has 4 heteroatoms. The standard InChI is InChI=1S/C16H24BrN3/c1-16(2)5-7-20(8-6-16)15-12(9-13(17)11-19-15)10-18-14-3-4-14/h9,11,14,18H,3-8,10H2,1-2H3. The molecule has 0 atom stereocenters. The summed E-state index contributed by atoms with van der Waals surface area (Å²) in [5.74, 6) is 1.18. The molecule has 0 radical (unpaired) electrons. The highest BCUT2D eigenvalue weighted by Crippen LogP contribution is 2.33. The van der Waals surface area contributed by atoms with Gasteiger partial charge in [-0.3, -0.25) is 0 Å². The average molecular weight is 338 g/mol. The van der Waals surface area contributed by atoms with Gasteiger partial charge in [-0.1, -0.05) is 13.8 Å². The number of pyridine rings is 1. The summed E-state index contributed by atoms with van der Waals surface area (Å²) in [5, 5.41) is 3.61. The molecule has 3 nitrogen and oxygen atoms in total. The van der Waals surface area contributed by atoms with E-state index < -0.39 is 0 Å². The highest BCUT2D eigenvalue weighted by Gasteiger charge is 2.27. The predicted octanol–water partition coefficient (Wildman–Crippen LogP) is 3.72. The molecule has 3 rings (SSSR count). The molecule has 1 aromatic heterocycles. The molecule has 1 N–H and O–H groups in total. The smallest absolute Gasteiger partial charge is 0.133 e. The van der Waals surface area contributed by atoms with Crippen LogP contribution in [0.5, 0.6) is 0 Å². The summed E-state index contributed by atoms with van der Waals surface area (Å²) in [6, 6.07) is 2.96. The van der Waals surface area contributed by atoms with Crippen LogP contribution in [-0.4, -0.2) is 24.1 Å². The van der Waals surface area contributed by atoms with Crippen LogP contribution in [-0.2, 0) is 6.54 Å². The predicted molar refractivity (Wildman–Crippen MR) is 87.0 cm³/mol. The largest absolute Gasteiger partial charge is 0.356 e. The minimum Gasteiger partial charge on any atom is -0.356 e. The fourth-order valence-corrected chi connectivity index (χ4v) is 3.13. The average Bonchev–Trinajstić information content (AvgIpc) is 3.21. The van der Waals surface area contributed by atoms with Crippen LogP contribution in [0.25, 0.3) is 0 Å². The number of halogens is 1. The minimum atomic E-state index is 0.484. The molecule has 0 unspecified atom stereocenters. The van der Waals surface area contributed by atoms with E-state index in [0.717, 1.165) is 30.1 Å². The number of aromatic nitrogens is 1. The first kappa shape index (κ1) is 14.3. The second kappa shape index (κ2) is 5.64. The maximum absolute atomic E-state index is 4.69. The first-order chi connectivity index (χ1) is 9.53. The highest BCUT2D eigenvalue weighted by molar-refractivity contribution is 9.10. The van der Waals surface area contributed by atoms with Gasteiger partial charge in [-0.2, -0.15) is 0 Å². The van der Waals surface area contributed by atoms with Gasteiger partial charge in [0.05, 0.1) is 0 Å². The van der Waals surface area contributed by atoms with E-state index in [2.05, 4.69) is 51.0 Å². The Balaban J connectivity index is 1.73. The van der Waals surface area contributed by atoms with Gasteiger partial charge in [0.25, 0.3) is 0 Å². The van der Waals surface area contributed by atoms with E-state index >= 15 is 0 Å². The second-order valence-electron chi connectivity index (χ2n) is 6.94. The normalized spacial score (nSPS) is 22.1. The molecule has 0 amide bonds. The Labute approximate surface area is 130 Å². The van der Waals surface area contributed by atoms with Gasteiger partial charge in [-0.15, -0.1) is 0 Å². The van der Waals surface area contributed by atoms with E-state index in [1.54, 1.807) is 0 Å². The van der Waals surface area contributed by atoms with E-state index in [-0.39, 0.29) is 0 Å². The molecule has 2 aliphatic rings. The van der Waals surface area contributed by atoms with E-state index in [1.165, 1.54) is 37.1 Å². The van der Waals surface area contributed by atoms with Crippen molar-refractivity contribution in [3.63, 3.8) is 0 Å². The Kier molecular flexibility index (Phi) is 4.04. The Morgan fingerprint density at radius 1 is 1.35 bits per heavy atom. The van der Waals surface area contributed by atoms with Crippen LogP contribution < -0.4 is 10.2 Å². The summed E-state index contributed by atoms with van der Waals surface area (Å²) in [6.07, 6.45) is 7.08. The molecule has 0 spiro atoms. The third-order valence-corrected chi connectivity index (χ3v) is 4.92. The molecule has 1 aliphatic carbocycles. The molecule has 0 aromatic carbocycles. The molecule has 1 saturated carbocycles. The van der Waals surface area contributed by atoms with Crippen molar-refractivity contribution in [1.29, 1.82) is 0 Å². The molecular formula is C16H24BrN3. The Morgan fingerprint density at radius 2 is 2.05 bits per heavy atom. The van der Waals surface area contributed by atoms with Gasteiger partial charge >= 0.3 is 0 Å². The molecule has 2 fully saturated rings. The van der Waals surface area contributed by atoms with Gasteiger partial charge in [0.1, 0.15) is 5.82 Å². The van der Waals surface area contributed by atoms with Crippen molar-refractivity contribution in [2.75, 3.05) is 18.0 Å². The third kappa shape index (κ3) is 3.53. The Morgan fingerprint density at radius 3 is 2.70 bits per heavy atom. The number of nitrogens with zero attached hydrogens (tertiary/aromatic N) is 2. The Hall–Kier alpha value is -0.610. The van der Waals surface area contributed by atoms with Gasteiger partial charge in [-0.05, 0) is 53.1 Å². The zero-order valence-electron chi connectivity index (χ0n) is 12.5. The SMILES string of the molecule is CC1(C)CCN(c2ncc(Br)cc2CNC2CC2)CC1. The summed E-state index contributed by atoms with van der Waals surface area (Å²) in [5.41, 5.74) is 1.81. The van der Waals surface area contributed by atoms with Crippen LogP contribution in [0.4, 0.5) is 5.82 Å². The number of anilines is 1. The second-order valence-corrected chi connectivity index (χ2v) is 7.86. The third-order valence-electron chi connectivity index (χ3n) is 4.48. The summed E-state index contributed by atoms with van der Waals surface area (Å²) < 4.78 is 1.08. The van der Waals surface area contributed by atoms with Crippen LogP contribution in [0, 0.1) is 5.41 Å². The molecule has 1 aliphatic heterocycles. The topological polar surface area (TPSA) is 28.2 Å². The number of nitrogens with one attached hydrogen (secondary N) is 1. The van der Waals surface area contributed by atoms with Crippen LogP contribution in [0.3, 0.4) is 0 Å². The fourth-order valence-electron chi connectivity index (χ4n) is 2.75. The van der Waals surface area contributed by atoms with Crippen molar-refractivity contribution < 1.29 is 0 Å². The lowest BCUT2D eigenvalue weighted by Crippen LogP contribution is -2.38. The number of rotatable bonds is 4. The molecular weight excluding hydrogens is 314 g/mol. The molecule has 0 bridgehead atoms.